The minimum absolute atomic E-state index is 0.0272. The monoisotopic (exact) mass is 436 g/mol. The maximum atomic E-state index is 12.9. The Labute approximate surface area is 187 Å². The fourth-order valence-electron chi connectivity index (χ4n) is 3.66. The van der Waals surface area contributed by atoms with Gasteiger partial charge in [0.2, 0.25) is 5.91 Å². The first-order valence-corrected chi connectivity index (χ1v) is 11.5. The van der Waals surface area contributed by atoms with Gasteiger partial charge in [-0.1, -0.05) is 56.8 Å². The van der Waals surface area contributed by atoms with Crippen molar-refractivity contribution in [3.8, 4) is 0 Å². The Hall–Kier alpha value is -2.80. The summed E-state index contributed by atoms with van der Waals surface area (Å²) in [7, 11) is 0. The van der Waals surface area contributed by atoms with Crippen molar-refractivity contribution >= 4 is 34.6 Å². The number of rotatable bonds is 4. The molecular weight excluding hydrogens is 408 g/mol. The molecule has 0 saturated carbocycles. The fraction of sp³-hybridized carbons (Fsp3) is 0.375. The third kappa shape index (κ3) is 4.93. The molecule has 2 heterocycles. The van der Waals surface area contributed by atoms with Crippen molar-refractivity contribution in [3.63, 3.8) is 0 Å². The molecule has 1 aromatic heterocycles. The van der Waals surface area contributed by atoms with Crippen LogP contribution < -0.4 is 0 Å². The number of piperazine rings is 1. The number of hydrogen-bond acceptors (Lipinski definition) is 4. The number of hydrogen-bond donors (Lipinski definition) is 1. The lowest BCUT2D eigenvalue weighted by Crippen LogP contribution is -2.53. The van der Waals surface area contributed by atoms with Crippen LogP contribution in [-0.4, -0.2) is 57.8 Å². The number of nitrogens with zero attached hydrogens (tertiary/aromatic N) is 3. The van der Waals surface area contributed by atoms with Crippen molar-refractivity contribution < 1.29 is 9.59 Å². The molecule has 0 spiro atoms. The maximum Gasteiger partial charge on any atom is 0.253 e. The van der Waals surface area contributed by atoms with Crippen molar-refractivity contribution in [1.29, 1.82) is 0 Å². The van der Waals surface area contributed by atoms with E-state index in [0.29, 0.717) is 31.7 Å². The number of aromatic nitrogens is 2. The van der Waals surface area contributed by atoms with Gasteiger partial charge >= 0.3 is 0 Å². The number of para-hydroxylation sites is 2. The summed E-state index contributed by atoms with van der Waals surface area (Å²) in [5.41, 5.74) is 3.45. The second-order valence-electron chi connectivity index (χ2n) is 8.88. The number of carbonyl (C=O) groups excluding carboxylic acids is 2. The van der Waals surface area contributed by atoms with E-state index in [-0.39, 0.29) is 17.2 Å². The lowest BCUT2D eigenvalue weighted by atomic mass is 9.94. The highest BCUT2D eigenvalue weighted by atomic mass is 32.2. The molecule has 2 aromatic carbocycles. The van der Waals surface area contributed by atoms with Gasteiger partial charge in [-0.3, -0.25) is 9.59 Å². The van der Waals surface area contributed by atoms with Crippen LogP contribution >= 0.6 is 11.8 Å². The number of aromatic amines is 1. The van der Waals surface area contributed by atoms with Crippen molar-refractivity contribution in [2.24, 2.45) is 5.41 Å². The van der Waals surface area contributed by atoms with Crippen molar-refractivity contribution in [1.82, 2.24) is 19.8 Å². The minimum atomic E-state index is -0.387. The highest BCUT2D eigenvalue weighted by molar-refractivity contribution is 7.98. The molecule has 31 heavy (non-hydrogen) atoms. The van der Waals surface area contributed by atoms with E-state index >= 15 is 0 Å². The number of H-pyrrole nitrogens is 1. The van der Waals surface area contributed by atoms with Crippen molar-refractivity contribution in [3.05, 3.63) is 59.7 Å². The molecular formula is C24H28N4O2S. The van der Waals surface area contributed by atoms with Crippen LogP contribution in [0.2, 0.25) is 0 Å². The zero-order chi connectivity index (χ0) is 22.0. The average Bonchev–Trinajstić information content (AvgIpc) is 3.19. The largest absolute Gasteiger partial charge is 0.339 e. The smallest absolute Gasteiger partial charge is 0.253 e. The number of nitrogens with one attached hydrogen (secondary N) is 1. The second kappa shape index (κ2) is 8.75. The molecule has 2 amide bonds. The van der Waals surface area contributed by atoms with E-state index in [0.717, 1.165) is 27.5 Å². The Bertz CT molecular complexity index is 1040. The van der Waals surface area contributed by atoms with Gasteiger partial charge in [0, 0.05) is 42.9 Å². The number of fused-ring (bicyclic) bond motifs is 1. The molecule has 0 atom stereocenters. The lowest BCUT2D eigenvalue weighted by molar-refractivity contribution is -0.140. The molecule has 4 rings (SSSR count). The van der Waals surface area contributed by atoms with Gasteiger partial charge in [-0.25, -0.2) is 4.98 Å². The van der Waals surface area contributed by atoms with Crippen LogP contribution in [0.1, 0.15) is 36.7 Å². The second-order valence-corrected chi connectivity index (χ2v) is 9.84. The van der Waals surface area contributed by atoms with Crippen LogP contribution in [0.3, 0.4) is 0 Å². The summed E-state index contributed by atoms with van der Waals surface area (Å²) in [5.74, 6) is 0.951. The normalized spacial score (nSPS) is 14.8. The molecule has 1 aliphatic heterocycles. The van der Waals surface area contributed by atoms with E-state index in [4.69, 9.17) is 0 Å². The topological polar surface area (TPSA) is 69.3 Å². The Morgan fingerprint density at radius 1 is 0.968 bits per heavy atom. The zero-order valence-electron chi connectivity index (χ0n) is 18.2. The quantitative estimate of drug-likeness (QED) is 0.623. The summed E-state index contributed by atoms with van der Waals surface area (Å²) >= 11 is 1.65. The molecule has 1 N–H and O–H groups in total. The molecule has 0 aliphatic carbocycles. The maximum absolute atomic E-state index is 12.9. The van der Waals surface area contributed by atoms with Gasteiger partial charge in [0.1, 0.15) is 0 Å². The van der Waals surface area contributed by atoms with Crippen LogP contribution in [0.15, 0.2) is 53.7 Å². The van der Waals surface area contributed by atoms with Crippen LogP contribution in [0.4, 0.5) is 0 Å². The third-order valence-corrected chi connectivity index (χ3v) is 6.38. The van der Waals surface area contributed by atoms with Crippen LogP contribution in [0, 0.1) is 5.41 Å². The molecule has 6 nitrogen and oxygen atoms in total. The molecule has 0 radical (unpaired) electrons. The van der Waals surface area contributed by atoms with Gasteiger partial charge in [0.15, 0.2) is 5.16 Å². The first kappa shape index (κ1) is 21.4. The van der Waals surface area contributed by atoms with E-state index in [2.05, 4.69) is 9.97 Å². The zero-order valence-corrected chi connectivity index (χ0v) is 19.0. The fourth-order valence-corrected chi connectivity index (χ4v) is 4.50. The van der Waals surface area contributed by atoms with Gasteiger partial charge in [0.25, 0.3) is 5.91 Å². The molecule has 0 unspecified atom stereocenters. The highest BCUT2D eigenvalue weighted by Gasteiger charge is 2.31. The van der Waals surface area contributed by atoms with E-state index in [1.807, 2.05) is 79.1 Å². The van der Waals surface area contributed by atoms with E-state index in [1.54, 1.807) is 11.8 Å². The van der Waals surface area contributed by atoms with E-state index in [9.17, 15) is 9.59 Å². The number of benzene rings is 2. The van der Waals surface area contributed by atoms with Crippen LogP contribution in [0.5, 0.6) is 0 Å². The van der Waals surface area contributed by atoms with Crippen LogP contribution in [-0.2, 0) is 10.5 Å². The summed E-state index contributed by atoms with van der Waals surface area (Å²) in [6, 6.07) is 15.8. The van der Waals surface area contributed by atoms with Gasteiger partial charge in [-0.05, 0) is 29.8 Å². The number of carbonyl (C=O) groups is 2. The van der Waals surface area contributed by atoms with Crippen molar-refractivity contribution in [2.45, 2.75) is 31.7 Å². The first-order valence-electron chi connectivity index (χ1n) is 10.6. The number of thioether (sulfide) groups is 1. The van der Waals surface area contributed by atoms with Gasteiger partial charge in [-0.15, -0.1) is 0 Å². The molecule has 7 heteroatoms. The summed E-state index contributed by atoms with van der Waals surface area (Å²) in [6.07, 6.45) is 0. The van der Waals surface area contributed by atoms with Gasteiger partial charge < -0.3 is 14.8 Å². The van der Waals surface area contributed by atoms with E-state index in [1.165, 1.54) is 0 Å². The Kier molecular flexibility index (Phi) is 6.05. The van der Waals surface area contributed by atoms with Gasteiger partial charge in [0.05, 0.1) is 11.0 Å². The third-order valence-electron chi connectivity index (χ3n) is 5.44. The van der Waals surface area contributed by atoms with E-state index < -0.39 is 0 Å². The Balaban J connectivity index is 1.31. The molecule has 1 aliphatic rings. The average molecular weight is 437 g/mol. The van der Waals surface area contributed by atoms with Crippen molar-refractivity contribution in [2.75, 3.05) is 26.2 Å². The predicted octanol–water partition coefficient (Wildman–Crippen LogP) is 4.19. The summed E-state index contributed by atoms with van der Waals surface area (Å²) < 4.78 is 0. The molecule has 1 saturated heterocycles. The standard InChI is InChI=1S/C24H28N4O2S/c1-24(2,3)22(30)28-14-12-27(13-15-28)21(29)18-10-8-17(9-11-18)16-31-23-25-19-6-4-5-7-20(19)26-23/h4-11H,12-16H2,1-3H3,(H,25,26). The minimum Gasteiger partial charge on any atom is -0.339 e. The lowest BCUT2D eigenvalue weighted by Gasteiger charge is -2.37. The molecule has 1 fully saturated rings. The summed E-state index contributed by atoms with van der Waals surface area (Å²) in [6.45, 7) is 8.12. The first-order chi connectivity index (χ1) is 14.8. The van der Waals surface area contributed by atoms with Crippen LogP contribution in [0.25, 0.3) is 11.0 Å². The SMILES string of the molecule is CC(C)(C)C(=O)N1CCN(C(=O)c2ccc(CSc3nc4ccccc4[nH]3)cc2)CC1. The number of imidazole rings is 1. The Morgan fingerprint density at radius 3 is 2.26 bits per heavy atom. The Morgan fingerprint density at radius 2 is 1.61 bits per heavy atom. The summed E-state index contributed by atoms with van der Waals surface area (Å²) in [4.78, 5) is 36.9. The van der Waals surface area contributed by atoms with Gasteiger partial charge in [-0.2, -0.15) is 0 Å². The molecule has 3 aromatic rings. The predicted molar refractivity (Wildman–Crippen MR) is 124 cm³/mol. The number of amides is 2. The highest BCUT2D eigenvalue weighted by Crippen LogP contribution is 2.24. The molecule has 0 bridgehead atoms. The molecule has 162 valence electrons. The summed E-state index contributed by atoms with van der Waals surface area (Å²) in [5, 5.41) is 0.893.